The predicted octanol–water partition coefficient (Wildman–Crippen LogP) is 13.0. The first-order valence-corrected chi connectivity index (χ1v) is 18.6. The zero-order chi connectivity index (χ0) is 36.4. The Morgan fingerprint density at radius 3 is 1.33 bits per heavy atom. The summed E-state index contributed by atoms with van der Waals surface area (Å²) in [4.78, 5) is 10.4. The zero-order valence-corrected chi connectivity index (χ0v) is 30.5. The van der Waals surface area contributed by atoms with Crippen LogP contribution in [-0.2, 0) is 5.41 Å². The maximum Gasteiger partial charge on any atom is 0.235 e. The van der Waals surface area contributed by atoms with Crippen molar-refractivity contribution in [2.45, 2.75) is 26.2 Å². The molecule has 4 nitrogen and oxygen atoms in total. The smallest absolute Gasteiger partial charge is 0.235 e. The van der Waals surface area contributed by atoms with Crippen molar-refractivity contribution in [3.8, 4) is 45.3 Å². The molecule has 0 spiro atoms. The van der Waals surface area contributed by atoms with Crippen LogP contribution in [0.25, 0.3) is 88.9 Å². The lowest BCUT2D eigenvalue weighted by Gasteiger charge is -2.19. The van der Waals surface area contributed by atoms with E-state index in [1.165, 1.54) is 55.0 Å². The van der Waals surface area contributed by atoms with Gasteiger partial charge in [-0.05, 0) is 76.7 Å². The second-order valence-corrected chi connectivity index (χ2v) is 15.1. The average molecular weight is 695 g/mol. The van der Waals surface area contributed by atoms with E-state index in [1.54, 1.807) is 0 Å². The molecule has 0 aliphatic heterocycles. The first-order valence-electron chi connectivity index (χ1n) is 18.6. The molecular weight excluding hydrogens is 657 g/mol. The van der Waals surface area contributed by atoms with E-state index < -0.39 is 0 Å². The summed E-state index contributed by atoms with van der Waals surface area (Å²) in [5, 5.41) is 4.82. The van der Waals surface area contributed by atoms with E-state index >= 15 is 0 Å². The highest BCUT2D eigenvalue weighted by atomic mass is 15.2. The Morgan fingerprint density at radius 2 is 0.815 bits per heavy atom. The van der Waals surface area contributed by atoms with Crippen LogP contribution in [-0.4, -0.2) is 19.1 Å². The standard InChI is InChI=1S/C50H38N4/c1-50(2,3)37-24-26-38(27-25-37)53-45-20-12-10-18-39(45)41-30-35(22-28-47(41)53)36-23-29-48-42(31-36)40-19-11-13-21-46(40)54(48)49-51-43(33-14-6-4-7-15-33)32-44(52-49)34-16-8-5-9-17-34/h4-32H,1-3H3. The van der Waals surface area contributed by atoms with Gasteiger partial charge < -0.3 is 4.57 Å². The van der Waals surface area contributed by atoms with Crippen molar-refractivity contribution < 1.29 is 0 Å². The van der Waals surface area contributed by atoms with Crippen LogP contribution in [0.5, 0.6) is 0 Å². The molecule has 258 valence electrons. The van der Waals surface area contributed by atoms with E-state index in [2.05, 4.69) is 194 Å². The van der Waals surface area contributed by atoms with Crippen molar-refractivity contribution in [1.29, 1.82) is 0 Å². The molecule has 3 aromatic heterocycles. The monoisotopic (exact) mass is 694 g/mol. The number of rotatable bonds is 5. The SMILES string of the molecule is CC(C)(C)c1ccc(-n2c3ccccc3c3cc(-c4ccc5c(c4)c4ccccc4n5-c4nc(-c5ccccc5)cc(-c5ccccc5)n4)ccc32)cc1. The van der Waals surface area contributed by atoms with Gasteiger partial charge in [-0.3, -0.25) is 4.57 Å². The Labute approximate surface area is 314 Å². The number of aromatic nitrogens is 4. The molecule has 0 bridgehead atoms. The highest BCUT2D eigenvalue weighted by Gasteiger charge is 2.19. The third kappa shape index (κ3) is 5.30. The highest BCUT2D eigenvalue weighted by Crippen LogP contribution is 2.39. The van der Waals surface area contributed by atoms with Gasteiger partial charge in [-0.2, -0.15) is 0 Å². The average Bonchev–Trinajstić information content (AvgIpc) is 3.73. The molecule has 0 saturated carbocycles. The molecule has 54 heavy (non-hydrogen) atoms. The Bertz CT molecular complexity index is 2940. The number of benzene rings is 7. The Morgan fingerprint density at radius 1 is 0.370 bits per heavy atom. The Hall–Kier alpha value is -6.78. The molecule has 0 saturated heterocycles. The van der Waals surface area contributed by atoms with E-state index in [4.69, 9.17) is 9.97 Å². The maximum absolute atomic E-state index is 5.21. The normalized spacial score (nSPS) is 12.0. The lowest BCUT2D eigenvalue weighted by atomic mass is 9.87. The van der Waals surface area contributed by atoms with Crippen LogP contribution < -0.4 is 0 Å². The third-order valence-electron chi connectivity index (χ3n) is 10.7. The summed E-state index contributed by atoms with van der Waals surface area (Å²) >= 11 is 0. The first-order chi connectivity index (χ1) is 26.4. The predicted molar refractivity (Wildman–Crippen MR) is 226 cm³/mol. The van der Waals surface area contributed by atoms with E-state index in [9.17, 15) is 0 Å². The van der Waals surface area contributed by atoms with Crippen molar-refractivity contribution in [2.75, 3.05) is 0 Å². The van der Waals surface area contributed by atoms with E-state index in [0.29, 0.717) is 5.95 Å². The molecule has 7 aromatic carbocycles. The Balaban J connectivity index is 1.14. The molecule has 10 rings (SSSR count). The topological polar surface area (TPSA) is 35.6 Å². The number of nitrogens with zero attached hydrogens (tertiary/aromatic N) is 4. The molecule has 0 aliphatic carbocycles. The third-order valence-corrected chi connectivity index (χ3v) is 10.7. The second-order valence-electron chi connectivity index (χ2n) is 15.1. The van der Waals surface area contributed by atoms with Gasteiger partial charge in [-0.1, -0.05) is 142 Å². The lowest BCUT2D eigenvalue weighted by Crippen LogP contribution is -2.10. The summed E-state index contributed by atoms with van der Waals surface area (Å²) < 4.78 is 4.61. The van der Waals surface area contributed by atoms with Crippen molar-refractivity contribution in [1.82, 2.24) is 19.1 Å². The van der Waals surface area contributed by atoms with Gasteiger partial charge >= 0.3 is 0 Å². The van der Waals surface area contributed by atoms with Gasteiger partial charge in [0.2, 0.25) is 5.95 Å². The Kier molecular flexibility index (Phi) is 7.34. The molecule has 3 heterocycles. The van der Waals surface area contributed by atoms with Gasteiger partial charge in [0.25, 0.3) is 0 Å². The number of para-hydroxylation sites is 2. The van der Waals surface area contributed by atoms with Gasteiger partial charge in [0.05, 0.1) is 33.5 Å². The van der Waals surface area contributed by atoms with Gasteiger partial charge in [0, 0.05) is 38.4 Å². The minimum Gasteiger partial charge on any atom is -0.309 e. The van der Waals surface area contributed by atoms with Crippen LogP contribution in [0, 0.1) is 0 Å². The fraction of sp³-hybridized carbons (Fsp3) is 0.0800. The van der Waals surface area contributed by atoms with Crippen LogP contribution in [0.3, 0.4) is 0 Å². The second kappa shape index (κ2) is 12.4. The van der Waals surface area contributed by atoms with Crippen LogP contribution in [0.2, 0.25) is 0 Å². The minimum absolute atomic E-state index is 0.103. The van der Waals surface area contributed by atoms with E-state index in [-0.39, 0.29) is 5.41 Å². The molecule has 0 aliphatic rings. The first kappa shape index (κ1) is 31.9. The maximum atomic E-state index is 5.21. The van der Waals surface area contributed by atoms with Crippen molar-refractivity contribution in [3.05, 3.63) is 181 Å². The van der Waals surface area contributed by atoms with Gasteiger partial charge in [0.15, 0.2) is 0 Å². The van der Waals surface area contributed by atoms with Crippen LogP contribution >= 0.6 is 0 Å². The van der Waals surface area contributed by atoms with Crippen molar-refractivity contribution in [3.63, 3.8) is 0 Å². The van der Waals surface area contributed by atoms with Gasteiger partial charge in [-0.15, -0.1) is 0 Å². The lowest BCUT2D eigenvalue weighted by molar-refractivity contribution is 0.590. The number of hydrogen-bond acceptors (Lipinski definition) is 2. The largest absolute Gasteiger partial charge is 0.309 e. The minimum atomic E-state index is 0.103. The number of hydrogen-bond donors (Lipinski definition) is 0. The van der Waals surface area contributed by atoms with Crippen molar-refractivity contribution in [2.24, 2.45) is 0 Å². The van der Waals surface area contributed by atoms with E-state index in [1.807, 2.05) is 12.1 Å². The quantitative estimate of drug-likeness (QED) is 0.180. The summed E-state index contributed by atoms with van der Waals surface area (Å²) in [5.41, 5.74) is 13.4. The summed E-state index contributed by atoms with van der Waals surface area (Å²) in [5.74, 6) is 0.652. The fourth-order valence-corrected chi connectivity index (χ4v) is 7.96. The van der Waals surface area contributed by atoms with Crippen molar-refractivity contribution >= 4 is 43.6 Å². The molecule has 0 atom stereocenters. The van der Waals surface area contributed by atoms with E-state index in [0.717, 1.165) is 33.5 Å². The van der Waals surface area contributed by atoms with Crippen LogP contribution in [0.4, 0.5) is 0 Å². The molecule has 0 unspecified atom stereocenters. The summed E-state index contributed by atoms with van der Waals surface area (Å²) in [6, 6.07) is 62.9. The number of fused-ring (bicyclic) bond motifs is 6. The van der Waals surface area contributed by atoms with Gasteiger partial charge in [-0.25, -0.2) is 9.97 Å². The molecule has 0 fully saturated rings. The zero-order valence-electron chi connectivity index (χ0n) is 30.5. The molecule has 0 amide bonds. The van der Waals surface area contributed by atoms with Gasteiger partial charge in [0.1, 0.15) is 0 Å². The summed E-state index contributed by atoms with van der Waals surface area (Å²) in [6.07, 6.45) is 0. The molecule has 0 N–H and O–H groups in total. The highest BCUT2D eigenvalue weighted by molar-refractivity contribution is 6.12. The van der Waals surface area contributed by atoms with Crippen LogP contribution in [0.1, 0.15) is 26.3 Å². The summed E-state index contributed by atoms with van der Waals surface area (Å²) in [7, 11) is 0. The molecule has 4 heteroatoms. The van der Waals surface area contributed by atoms with Crippen LogP contribution in [0.15, 0.2) is 176 Å². The molecule has 0 radical (unpaired) electrons. The fourth-order valence-electron chi connectivity index (χ4n) is 7.96. The summed E-state index contributed by atoms with van der Waals surface area (Å²) in [6.45, 7) is 6.79. The molecule has 10 aromatic rings. The molecular formula is C50H38N4.